The minimum atomic E-state index is -1.07. The number of carbonyl (C=O) groups excluding carboxylic acids is 4. The molecule has 256 valence electrons. The lowest BCUT2D eigenvalue weighted by Gasteiger charge is -2.33. The van der Waals surface area contributed by atoms with E-state index in [1.54, 1.807) is 46.4 Å². The van der Waals surface area contributed by atoms with Gasteiger partial charge >= 0.3 is 12.2 Å². The number of nitrogens with one attached hydrogen (secondary N) is 1. The van der Waals surface area contributed by atoms with E-state index in [-0.39, 0.29) is 18.2 Å². The number of nitrogens with zero attached hydrogens (tertiary/aromatic N) is 6. The molecule has 1 saturated heterocycles. The molecule has 1 aliphatic rings. The van der Waals surface area contributed by atoms with Crippen LogP contribution in [0.2, 0.25) is 0 Å². The highest BCUT2D eigenvalue weighted by atomic mass is 16.6. The molecule has 2 rings (SSSR count). The van der Waals surface area contributed by atoms with E-state index in [1.165, 1.54) is 17.1 Å². The fourth-order valence-electron chi connectivity index (χ4n) is 5.16. The highest BCUT2D eigenvalue weighted by Gasteiger charge is 2.42. The van der Waals surface area contributed by atoms with E-state index in [0.29, 0.717) is 31.7 Å². The van der Waals surface area contributed by atoms with Gasteiger partial charge in [0.15, 0.2) is 0 Å². The quantitative estimate of drug-likeness (QED) is 0.348. The van der Waals surface area contributed by atoms with Crippen molar-refractivity contribution in [2.75, 3.05) is 60.9 Å². The van der Waals surface area contributed by atoms with Crippen molar-refractivity contribution < 1.29 is 28.7 Å². The van der Waals surface area contributed by atoms with Gasteiger partial charge in [0.1, 0.15) is 29.6 Å². The van der Waals surface area contributed by atoms with Crippen LogP contribution < -0.4 is 5.32 Å². The first-order valence-corrected chi connectivity index (χ1v) is 15.9. The van der Waals surface area contributed by atoms with Crippen molar-refractivity contribution in [3.63, 3.8) is 0 Å². The van der Waals surface area contributed by atoms with Crippen LogP contribution in [0.4, 0.5) is 9.59 Å². The van der Waals surface area contributed by atoms with Crippen molar-refractivity contribution >= 4 is 24.0 Å². The Bertz CT molecular complexity index is 1120. The summed E-state index contributed by atoms with van der Waals surface area (Å²) in [5.74, 6) is -0.366. The van der Waals surface area contributed by atoms with Crippen LogP contribution in [0, 0.1) is 5.92 Å². The molecule has 0 aliphatic carbocycles. The summed E-state index contributed by atoms with van der Waals surface area (Å²) in [6, 6.07) is -1.72. The predicted octanol–water partition coefficient (Wildman–Crippen LogP) is 3.07. The molecule has 1 aliphatic heterocycles. The Kier molecular flexibility index (Phi) is 13.8. The number of hydrogen-bond acceptors (Lipinski definition) is 9. The van der Waals surface area contributed by atoms with E-state index in [1.807, 2.05) is 40.0 Å². The van der Waals surface area contributed by atoms with Crippen molar-refractivity contribution in [3.8, 4) is 0 Å². The number of rotatable bonds is 13. The molecule has 13 nitrogen and oxygen atoms in total. The van der Waals surface area contributed by atoms with Gasteiger partial charge in [-0.05, 0) is 108 Å². The maximum atomic E-state index is 14.2. The minimum absolute atomic E-state index is 0.00491. The summed E-state index contributed by atoms with van der Waals surface area (Å²) >= 11 is 0. The van der Waals surface area contributed by atoms with Crippen molar-refractivity contribution in [1.82, 2.24) is 34.5 Å². The number of alkyl carbamates (subject to hydrolysis) is 1. The van der Waals surface area contributed by atoms with Crippen molar-refractivity contribution in [1.29, 1.82) is 0 Å². The van der Waals surface area contributed by atoms with Crippen molar-refractivity contribution in [3.05, 3.63) is 18.2 Å². The number of ether oxygens (including phenoxy) is 2. The third-order valence-electron chi connectivity index (χ3n) is 7.10. The van der Waals surface area contributed by atoms with Gasteiger partial charge in [-0.15, -0.1) is 0 Å². The van der Waals surface area contributed by atoms with Gasteiger partial charge in [-0.2, -0.15) is 0 Å². The fraction of sp³-hybridized carbons (Fsp3) is 0.781. The molecule has 0 aromatic carbocycles. The summed E-state index contributed by atoms with van der Waals surface area (Å²) in [6.45, 7) is 15.8. The average Bonchev–Trinajstić information content (AvgIpc) is 3.51. The fourth-order valence-corrected chi connectivity index (χ4v) is 5.16. The summed E-state index contributed by atoms with van der Waals surface area (Å²) in [4.78, 5) is 65.7. The second-order valence-corrected chi connectivity index (χ2v) is 14.6. The number of hydrogen-bond donors (Lipinski definition) is 1. The topological polar surface area (TPSA) is 130 Å². The Hall–Kier alpha value is -3.19. The van der Waals surface area contributed by atoms with Crippen LogP contribution in [-0.4, -0.2) is 137 Å². The second kappa shape index (κ2) is 16.4. The smallest absolute Gasteiger partial charge is 0.419 e. The molecular formula is C32H57N7O6. The summed E-state index contributed by atoms with van der Waals surface area (Å²) in [5, 5.41) is 2.72. The molecular weight excluding hydrogens is 578 g/mol. The molecule has 1 aromatic heterocycles. The van der Waals surface area contributed by atoms with E-state index >= 15 is 0 Å². The van der Waals surface area contributed by atoms with E-state index in [2.05, 4.69) is 20.1 Å². The maximum absolute atomic E-state index is 14.2. The van der Waals surface area contributed by atoms with Crippen molar-refractivity contribution in [2.45, 2.75) is 97.4 Å². The van der Waals surface area contributed by atoms with Gasteiger partial charge in [-0.3, -0.25) is 9.59 Å². The Labute approximate surface area is 269 Å². The highest BCUT2D eigenvalue weighted by molar-refractivity contribution is 5.92. The number of carbonyl (C=O) groups is 4. The Morgan fingerprint density at radius 1 is 0.933 bits per heavy atom. The van der Waals surface area contributed by atoms with Gasteiger partial charge in [0.05, 0.1) is 5.69 Å². The highest BCUT2D eigenvalue weighted by Crippen LogP contribution is 2.26. The van der Waals surface area contributed by atoms with E-state index in [9.17, 15) is 19.2 Å². The largest absolute Gasteiger partial charge is 0.444 e. The standard InChI is InChI=1S/C32H57N7O6/c1-23-18-26(28(41)37(16-12-14-35(8)9)17-13-15-36(10)11)39(20-23)27(40)25(34-29(42)44-31(2,3)4)19-24-21-38(22-33-24)30(43)45-32(5,6)7/h21-23,25-26H,12-20H2,1-11H3,(H,34,42)/t23-,25+,26-/m0/s1. The van der Waals surface area contributed by atoms with E-state index < -0.39 is 41.4 Å². The molecule has 0 spiro atoms. The summed E-state index contributed by atoms with van der Waals surface area (Å²) in [6.07, 6.45) is 3.62. The zero-order valence-electron chi connectivity index (χ0n) is 29.4. The van der Waals surface area contributed by atoms with Gasteiger partial charge in [-0.1, -0.05) is 6.92 Å². The number of imidazole rings is 1. The van der Waals surface area contributed by atoms with Gasteiger partial charge in [0.2, 0.25) is 11.8 Å². The molecule has 1 N–H and O–H groups in total. The van der Waals surface area contributed by atoms with E-state index in [0.717, 1.165) is 25.9 Å². The van der Waals surface area contributed by atoms with Crippen LogP contribution in [0.1, 0.15) is 73.4 Å². The molecule has 2 heterocycles. The number of likely N-dealkylation sites (tertiary alicyclic amines) is 1. The molecule has 3 amide bonds. The second-order valence-electron chi connectivity index (χ2n) is 14.6. The average molecular weight is 636 g/mol. The molecule has 0 saturated carbocycles. The molecule has 0 radical (unpaired) electrons. The number of aromatic nitrogens is 2. The normalized spacial score (nSPS) is 17.8. The zero-order valence-corrected chi connectivity index (χ0v) is 29.4. The molecule has 0 unspecified atom stereocenters. The van der Waals surface area contributed by atoms with Crippen LogP contribution in [0.5, 0.6) is 0 Å². The van der Waals surface area contributed by atoms with Gasteiger partial charge in [-0.25, -0.2) is 19.1 Å². The SMILES string of the molecule is C[C@H]1C[C@@H](C(=O)N(CCCN(C)C)CCCN(C)C)N(C(=O)[C@@H](Cc2cn(C(=O)OC(C)(C)C)cn2)NC(=O)OC(C)(C)C)C1. The summed E-state index contributed by atoms with van der Waals surface area (Å²) in [5.41, 5.74) is -1.07. The molecule has 0 bridgehead atoms. The third kappa shape index (κ3) is 13.4. The Balaban J connectivity index is 2.33. The Morgan fingerprint density at radius 3 is 2.00 bits per heavy atom. The van der Waals surface area contributed by atoms with Crippen LogP contribution in [0.15, 0.2) is 12.5 Å². The third-order valence-corrected chi connectivity index (χ3v) is 7.10. The minimum Gasteiger partial charge on any atom is -0.444 e. The summed E-state index contributed by atoms with van der Waals surface area (Å²) < 4.78 is 12.1. The maximum Gasteiger partial charge on any atom is 0.419 e. The predicted molar refractivity (Wildman–Crippen MR) is 173 cm³/mol. The molecule has 13 heteroatoms. The van der Waals surface area contributed by atoms with Gasteiger partial charge < -0.3 is 34.4 Å². The van der Waals surface area contributed by atoms with Gasteiger partial charge in [0, 0.05) is 32.3 Å². The lowest BCUT2D eigenvalue weighted by atomic mass is 10.1. The lowest BCUT2D eigenvalue weighted by Crippen LogP contribution is -2.55. The first-order valence-electron chi connectivity index (χ1n) is 15.9. The molecule has 1 aromatic rings. The van der Waals surface area contributed by atoms with Crippen LogP contribution in [0.25, 0.3) is 0 Å². The number of amides is 3. The van der Waals surface area contributed by atoms with Crippen LogP contribution >= 0.6 is 0 Å². The zero-order chi connectivity index (χ0) is 34.1. The lowest BCUT2D eigenvalue weighted by molar-refractivity contribution is -0.145. The van der Waals surface area contributed by atoms with Crippen molar-refractivity contribution in [2.24, 2.45) is 5.92 Å². The van der Waals surface area contributed by atoms with Crippen LogP contribution in [-0.2, 0) is 25.5 Å². The molecule has 45 heavy (non-hydrogen) atoms. The first kappa shape index (κ1) is 38.0. The monoisotopic (exact) mass is 635 g/mol. The first-order chi connectivity index (χ1) is 20.8. The Morgan fingerprint density at radius 2 is 1.49 bits per heavy atom. The summed E-state index contributed by atoms with van der Waals surface area (Å²) in [7, 11) is 8.02. The molecule has 1 fully saturated rings. The van der Waals surface area contributed by atoms with Crippen LogP contribution in [0.3, 0.4) is 0 Å². The molecule has 3 atom stereocenters. The van der Waals surface area contributed by atoms with Gasteiger partial charge in [0.25, 0.3) is 0 Å². The van der Waals surface area contributed by atoms with E-state index in [4.69, 9.17) is 9.47 Å².